The van der Waals surface area contributed by atoms with Gasteiger partial charge >= 0.3 is 0 Å². The Labute approximate surface area is 126 Å². The van der Waals surface area contributed by atoms with Crippen LogP contribution in [0.2, 0.25) is 0 Å². The van der Waals surface area contributed by atoms with E-state index in [1.165, 1.54) is 6.26 Å². The first-order valence-corrected chi connectivity index (χ1v) is 8.93. The van der Waals surface area contributed by atoms with Crippen LogP contribution < -0.4 is 5.32 Å². The van der Waals surface area contributed by atoms with Crippen LogP contribution in [0.1, 0.15) is 38.1 Å². The van der Waals surface area contributed by atoms with Gasteiger partial charge in [0.2, 0.25) is 0 Å². The van der Waals surface area contributed by atoms with Crippen molar-refractivity contribution in [2.75, 3.05) is 12.8 Å². The van der Waals surface area contributed by atoms with Gasteiger partial charge in [-0.1, -0.05) is 18.2 Å². The van der Waals surface area contributed by atoms with Gasteiger partial charge in [-0.25, -0.2) is 8.42 Å². The van der Waals surface area contributed by atoms with Crippen LogP contribution >= 0.6 is 0 Å². The molecule has 0 aliphatic rings. The maximum Gasteiger partial charge on any atom is 0.153 e. The first-order valence-electron chi connectivity index (χ1n) is 7.04. The molecule has 5 heteroatoms. The highest BCUT2D eigenvalue weighted by atomic mass is 32.2. The molecular weight excluding hydrogens is 286 g/mol. The molecule has 0 amide bonds. The number of sulfone groups is 1. The Morgan fingerprint density at radius 3 is 2.48 bits per heavy atom. The number of fused-ring (bicyclic) bond motifs is 1. The van der Waals surface area contributed by atoms with E-state index in [0.29, 0.717) is 6.54 Å². The van der Waals surface area contributed by atoms with Crippen LogP contribution in [0.15, 0.2) is 28.7 Å². The van der Waals surface area contributed by atoms with Gasteiger partial charge in [-0.15, -0.1) is 0 Å². The topological polar surface area (TPSA) is 59.3 Å². The number of para-hydroxylation sites is 1. The van der Waals surface area contributed by atoms with E-state index in [1.807, 2.05) is 38.1 Å². The highest BCUT2D eigenvalue weighted by molar-refractivity contribution is 7.92. The molecule has 1 atom stereocenters. The van der Waals surface area contributed by atoms with Crippen LogP contribution in [0.3, 0.4) is 0 Å². The Morgan fingerprint density at radius 2 is 1.90 bits per heavy atom. The third-order valence-corrected chi connectivity index (χ3v) is 6.26. The van der Waals surface area contributed by atoms with E-state index in [2.05, 4.69) is 5.32 Å². The normalized spacial score (nSPS) is 14.5. The lowest BCUT2D eigenvalue weighted by Crippen LogP contribution is -2.42. The first kappa shape index (κ1) is 16.0. The van der Waals surface area contributed by atoms with Crippen molar-refractivity contribution < 1.29 is 12.8 Å². The molecule has 0 saturated carbocycles. The van der Waals surface area contributed by atoms with Gasteiger partial charge in [-0.3, -0.25) is 0 Å². The summed E-state index contributed by atoms with van der Waals surface area (Å²) in [6.07, 6.45) is 1.27. The van der Waals surface area contributed by atoms with Crippen molar-refractivity contribution in [1.82, 2.24) is 5.32 Å². The van der Waals surface area contributed by atoms with Crippen LogP contribution in [0, 0.1) is 6.92 Å². The van der Waals surface area contributed by atoms with Gasteiger partial charge in [0, 0.05) is 18.2 Å². The van der Waals surface area contributed by atoms with Gasteiger partial charge in [-0.05, 0) is 39.3 Å². The van der Waals surface area contributed by atoms with Crippen molar-refractivity contribution in [1.29, 1.82) is 0 Å². The number of hydrogen-bond acceptors (Lipinski definition) is 4. The summed E-state index contributed by atoms with van der Waals surface area (Å²) in [4.78, 5) is 0. The Kier molecular flexibility index (Phi) is 4.17. The van der Waals surface area contributed by atoms with E-state index >= 15 is 0 Å². The standard InChI is InChI=1S/C16H23NO3S/c1-11-13-8-6-7-9-14(13)20-15(11)12(2)17-10-16(3,4)21(5,18)19/h6-9,12,17H,10H2,1-5H3. The third kappa shape index (κ3) is 3.14. The molecule has 1 unspecified atom stereocenters. The zero-order valence-electron chi connectivity index (χ0n) is 13.2. The Balaban J connectivity index is 2.20. The van der Waals surface area contributed by atoms with Crippen molar-refractivity contribution in [3.8, 4) is 0 Å². The molecule has 21 heavy (non-hydrogen) atoms. The van der Waals surface area contributed by atoms with Gasteiger partial charge in [0.15, 0.2) is 9.84 Å². The molecule has 0 radical (unpaired) electrons. The molecule has 0 aliphatic heterocycles. The van der Waals surface area contributed by atoms with Crippen molar-refractivity contribution in [2.45, 2.75) is 38.5 Å². The Bertz CT molecular complexity index is 744. The summed E-state index contributed by atoms with van der Waals surface area (Å²) in [7, 11) is -3.11. The quantitative estimate of drug-likeness (QED) is 0.921. The lowest BCUT2D eigenvalue weighted by molar-refractivity contribution is 0.426. The molecular formula is C16H23NO3S. The van der Waals surface area contributed by atoms with Gasteiger partial charge < -0.3 is 9.73 Å². The Hall–Kier alpha value is -1.33. The van der Waals surface area contributed by atoms with E-state index in [9.17, 15) is 8.42 Å². The number of aryl methyl sites for hydroxylation is 1. The highest BCUT2D eigenvalue weighted by Gasteiger charge is 2.30. The summed E-state index contributed by atoms with van der Waals surface area (Å²) < 4.78 is 28.6. The van der Waals surface area contributed by atoms with E-state index in [1.54, 1.807) is 13.8 Å². The summed E-state index contributed by atoms with van der Waals surface area (Å²) in [6, 6.07) is 7.86. The molecule has 2 rings (SSSR count). The third-order valence-electron chi connectivity index (χ3n) is 4.11. The summed E-state index contributed by atoms with van der Waals surface area (Å²) in [5, 5.41) is 4.38. The maximum absolute atomic E-state index is 11.7. The molecule has 116 valence electrons. The van der Waals surface area contributed by atoms with Crippen LogP contribution in [0.5, 0.6) is 0 Å². The van der Waals surface area contributed by atoms with E-state index in [4.69, 9.17) is 4.42 Å². The molecule has 0 spiro atoms. The summed E-state index contributed by atoms with van der Waals surface area (Å²) in [5.74, 6) is 0.862. The molecule has 4 nitrogen and oxygen atoms in total. The lowest BCUT2D eigenvalue weighted by atomic mass is 10.1. The molecule has 1 aromatic heterocycles. The number of rotatable bonds is 5. The molecule has 2 aromatic rings. The summed E-state index contributed by atoms with van der Waals surface area (Å²) in [6.45, 7) is 7.86. The SMILES string of the molecule is Cc1c(C(C)NCC(C)(C)S(C)(=O)=O)oc2ccccc12. The monoisotopic (exact) mass is 309 g/mol. The highest BCUT2D eigenvalue weighted by Crippen LogP contribution is 2.29. The van der Waals surface area contributed by atoms with E-state index in [0.717, 1.165) is 22.3 Å². The minimum Gasteiger partial charge on any atom is -0.459 e. The smallest absolute Gasteiger partial charge is 0.153 e. The first-order chi connectivity index (χ1) is 9.63. The van der Waals surface area contributed by atoms with Crippen molar-refractivity contribution in [3.63, 3.8) is 0 Å². The second-order valence-corrected chi connectivity index (χ2v) is 8.87. The zero-order valence-corrected chi connectivity index (χ0v) is 14.0. The number of furan rings is 1. The van der Waals surface area contributed by atoms with E-state index in [-0.39, 0.29) is 6.04 Å². The number of nitrogens with one attached hydrogen (secondary N) is 1. The molecule has 1 aromatic carbocycles. The average Bonchev–Trinajstić information content (AvgIpc) is 2.73. The molecule has 1 N–H and O–H groups in total. The van der Waals surface area contributed by atoms with Gasteiger partial charge in [-0.2, -0.15) is 0 Å². The predicted molar refractivity (Wildman–Crippen MR) is 86.3 cm³/mol. The molecule has 0 fully saturated rings. The van der Waals surface area contributed by atoms with Crippen molar-refractivity contribution in [3.05, 3.63) is 35.6 Å². The fourth-order valence-corrected chi connectivity index (χ4v) is 2.57. The molecule has 1 heterocycles. The second-order valence-electron chi connectivity index (χ2n) is 6.22. The minimum absolute atomic E-state index is 0.0431. The van der Waals surface area contributed by atoms with Crippen molar-refractivity contribution in [2.24, 2.45) is 0 Å². The lowest BCUT2D eigenvalue weighted by Gasteiger charge is -2.25. The van der Waals surface area contributed by atoms with Crippen LogP contribution in [0.4, 0.5) is 0 Å². The molecule has 0 saturated heterocycles. The largest absolute Gasteiger partial charge is 0.459 e. The Morgan fingerprint density at radius 1 is 1.29 bits per heavy atom. The summed E-state index contributed by atoms with van der Waals surface area (Å²) in [5.41, 5.74) is 1.96. The van der Waals surface area contributed by atoms with Gasteiger partial charge in [0.05, 0.1) is 10.8 Å². The number of benzene rings is 1. The van der Waals surface area contributed by atoms with Gasteiger partial charge in [0.1, 0.15) is 11.3 Å². The zero-order chi connectivity index (χ0) is 15.8. The van der Waals surface area contributed by atoms with Crippen LogP contribution in [-0.2, 0) is 9.84 Å². The van der Waals surface area contributed by atoms with E-state index < -0.39 is 14.6 Å². The number of hydrogen-bond donors (Lipinski definition) is 1. The van der Waals surface area contributed by atoms with Gasteiger partial charge in [0.25, 0.3) is 0 Å². The fraction of sp³-hybridized carbons (Fsp3) is 0.500. The summed E-state index contributed by atoms with van der Waals surface area (Å²) >= 11 is 0. The maximum atomic E-state index is 11.7. The van der Waals surface area contributed by atoms with Crippen LogP contribution in [-0.4, -0.2) is 26.0 Å². The second kappa shape index (κ2) is 5.46. The molecule has 0 aliphatic carbocycles. The molecule has 0 bridgehead atoms. The fourth-order valence-electron chi connectivity index (χ4n) is 2.23. The minimum atomic E-state index is -3.11. The van der Waals surface area contributed by atoms with Crippen molar-refractivity contribution >= 4 is 20.8 Å². The average molecular weight is 309 g/mol. The predicted octanol–water partition coefficient (Wildman–Crippen LogP) is 3.22. The van der Waals surface area contributed by atoms with Crippen LogP contribution in [0.25, 0.3) is 11.0 Å².